The zero-order chi connectivity index (χ0) is 17.4. The first kappa shape index (κ1) is 17.7. The van der Waals surface area contributed by atoms with Gasteiger partial charge in [-0.3, -0.25) is 14.6 Å². The van der Waals surface area contributed by atoms with Crippen molar-refractivity contribution in [3.8, 4) is 0 Å². The first-order valence-corrected chi connectivity index (χ1v) is 7.88. The summed E-state index contributed by atoms with van der Waals surface area (Å²) in [6.07, 6.45) is 3.72. The van der Waals surface area contributed by atoms with Crippen LogP contribution in [-0.4, -0.2) is 35.4 Å². The van der Waals surface area contributed by atoms with Gasteiger partial charge in [-0.15, -0.1) is 0 Å². The van der Waals surface area contributed by atoms with Crippen molar-refractivity contribution >= 4 is 11.9 Å². The highest BCUT2D eigenvalue weighted by atomic mass is 16.5. The number of rotatable bonds is 7. The van der Waals surface area contributed by atoms with Gasteiger partial charge in [0, 0.05) is 25.5 Å². The first-order valence-electron chi connectivity index (χ1n) is 7.88. The number of methoxy groups -OCH3 is 1. The van der Waals surface area contributed by atoms with Crippen LogP contribution in [0.1, 0.15) is 18.1 Å². The number of esters is 1. The van der Waals surface area contributed by atoms with Crippen molar-refractivity contribution in [2.75, 3.05) is 13.7 Å². The number of benzene rings is 1. The normalized spacial score (nSPS) is 11.6. The molecule has 0 saturated carbocycles. The van der Waals surface area contributed by atoms with Crippen molar-refractivity contribution in [1.29, 1.82) is 0 Å². The first-order chi connectivity index (χ1) is 11.6. The number of carbonyl (C=O) groups excluding carboxylic acids is 2. The summed E-state index contributed by atoms with van der Waals surface area (Å²) in [6.45, 7) is 2.49. The van der Waals surface area contributed by atoms with E-state index in [0.717, 1.165) is 11.1 Å². The molecular formula is C19H22N2O3. The molecule has 0 N–H and O–H groups in total. The van der Waals surface area contributed by atoms with Gasteiger partial charge in [0.25, 0.3) is 0 Å². The van der Waals surface area contributed by atoms with Crippen molar-refractivity contribution in [1.82, 2.24) is 9.88 Å². The summed E-state index contributed by atoms with van der Waals surface area (Å²) in [5, 5.41) is 0. The third-order valence-corrected chi connectivity index (χ3v) is 3.74. The van der Waals surface area contributed by atoms with Crippen LogP contribution in [0, 0.1) is 5.92 Å². The lowest BCUT2D eigenvalue weighted by atomic mass is 10.1. The average Bonchev–Trinajstić information content (AvgIpc) is 2.62. The van der Waals surface area contributed by atoms with E-state index < -0.39 is 0 Å². The molecule has 0 bridgehead atoms. The maximum Gasteiger partial charge on any atom is 0.310 e. The standard InChI is InChI=1S/C19H22N2O3/c1-15(19(23)24-2)13-21(14-17-9-6-10-20-12-17)18(22)11-16-7-4-3-5-8-16/h3-10,12,15H,11,13-14H2,1-2H3. The van der Waals surface area contributed by atoms with Gasteiger partial charge in [-0.2, -0.15) is 0 Å². The van der Waals surface area contributed by atoms with Crippen LogP contribution in [0.3, 0.4) is 0 Å². The Labute approximate surface area is 142 Å². The predicted octanol–water partition coefficient (Wildman–Crippen LogP) is 2.46. The Morgan fingerprint density at radius 1 is 1.12 bits per heavy atom. The molecule has 0 fully saturated rings. The Hall–Kier alpha value is -2.69. The number of nitrogens with zero attached hydrogens (tertiary/aromatic N) is 2. The zero-order valence-corrected chi connectivity index (χ0v) is 14.0. The summed E-state index contributed by atoms with van der Waals surface area (Å²) in [4.78, 5) is 30.2. The molecule has 0 saturated heterocycles. The summed E-state index contributed by atoms with van der Waals surface area (Å²) in [7, 11) is 1.36. The molecule has 1 aromatic heterocycles. The number of pyridine rings is 1. The average molecular weight is 326 g/mol. The minimum absolute atomic E-state index is 0.0270. The van der Waals surface area contributed by atoms with Gasteiger partial charge in [0.05, 0.1) is 19.4 Å². The quantitative estimate of drug-likeness (QED) is 0.733. The lowest BCUT2D eigenvalue weighted by molar-refractivity contribution is -0.146. The van der Waals surface area contributed by atoms with E-state index in [1.165, 1.54) is 7.11 Å². The van der Waals surface area contributed by atoms with Gasteiger partial charge in [0.2, 0.25) is 5.91 Å². The van der Waals surface area contributed by atoms with Gasteiger partial charge in [0.15, 0.2) is 0 Å². The zero-order valence-electron chi connectivity index (χ0n) is 14.0. The molecule has 1 atom stereocenters. The Morgan fingerprint density at radius 2 is 1.83 bits per heavy atom. The molecule has 1 heterocycles. The predicted molar refractivity (Wildman–Crippen MR) is 91.0 cm³/mol. The highest BCUT2D eigenvalue weighted by molar-refractivity contribution is 5.80. The Balaban J connectivity index is 2.11. The second-order valence-corrected chi connectivity index (χ2v) is 5.72. The molecule has 0 aliphatic heterocycles. The van der Waals surface area contributed by atoms with Crippen LogP contribution in [0.5, 0.6) is 0 Å². The maximum atomic E-state index is 12.7. The van der Waals surface area contributed by atoms with Gasteiger partial charge < -0.3 is 9.64 Å². The van der Waals surface area contributed by atoms with Gasteiger partial charge in [-0.05, 0) is 17.2 Å². The second-order valence-electron chi connectivity index (χ2n) is 5.72. The summed E-state index contributed by atoms with van der Waals surface area (Å²) in [6, 6.07) is 13.3. The number of ether oxygens (including phenoxy) is 1. The lowest BCUT2D eigenvalue weighted by Crippen LogP contribution is -2.37. The van der Waals surface area contributed by atoms with E-state index in [9.17, 15) is 9.59 Å². The molecule has 0 aliphatic rings. The molecule has 2 rings (SSSR count). The summed E-state index contributed by atoms with van der Waals surface area (Å²) < 4.78 is 4.77. The molecule has 0 aliphatic carbocycles. The van der Waals surface area contributed by atoms with Crippen LogP contribution >= 0.6 is 0 Å². The van der Waals surface area contributed by atoms with Crippen LogP contribution in [0.2, 0.25) is 0 Å². The van der Waals surface area contributed by atoms with Crippen molar-refractivity contribution in [3.63, 3.8) is 0 Å². The van der Waals surface area contributed by atoms with E-state index in [-0.39, 0.29) is 17.8 Å². The molecule has 1 aromatic carbocycles. The largest absolute Gasteiger partial charge is 0.469 e. The summed E-state index contributed by atoms with van der Waals surface area (Å²) >= 11 is 0. The monoisotopic (exact) mass is 326 g/mol. The number of hydrogen-bond acceptors (Lipinski definition) is 4. The molecule has 126 valence electrons. The molecular weight excluding hydrogens is 304 g/mol. The van der Waals surface area contributed by atoms with E-state index in [1.54, 1.807) is 24.2 Å². The summed E-state index contributed by atoms with van der Waals surface area (Å²) in [5.41, 5.74) is 1.88. The van der Waals surface area contributed by atoms with Crippen LogP contribution in [0.15, 0.2) is 54.9 Å². The van der Waals surface area contributed by atoms with Gasteiger partial charge >= 0.3 is 5.97 Å². The molecule has 0 spiro atoms. The molecule has 1 amide bonds. The van der Waals surface area contributed by atoms with Crippen LogP contribution < -0.4 is 0 Å². The number of aromatic nitrogens is 1. The molecule has 5 heteroatoms. The highest BCUT2D eigenvalue weighted by Gasteiger charge is 2.22. The van der Waals surface area contributed by atoms with E-state index in [1.807, 2.05) is 42.5 Å². The highest BCUT2D eigenvalue weighted by Crippen LogP contribution is 2.11. The molecule has 1 unspecified atom stereocenters. The van der Waals surface area contributed by atoms with Crippen molar-refractivity contribution in [2.45, 2.75) is 19.9 Å². The van der Waals surface area contributed by atoms with Gasteiger partial charge in [-0.1, -0.05) is 43.3 Å². The Morgan fingerprint density at radius 3 is 2.46 bits per heavy atom. The van der Waals surface area contributed by atoms with Crippen molar-refractivity contribution < 1.29 is 14.3 Å². The molecule has 2 aromatic rings. The molecule has 24 heavy (non-hydrogen) atoms. The number of amides is 1. The van der Waals surface area contributed by atoms with Gasteiger partial charge in [0.1, 0.15) is 0 Å². The SMILES string of the molecule is COC(=O)C(C)CN(Cc1cccnc1)C(=O)Cc1ccccc1. The van der Waals surface area contributed by atoms with Crippen LogP contribution in [-0.2, 0) is 27.3 Å². The number of carbonyl (C=O) groups is 2. The molecule has 5 nitrogen and oxygen atoms in total. The summed E-state index contributed by atoms with van der Waals surface area (Å²) in [5.74, 6) is -0.731. The van der Waals surface area contributed by atoms with Gasteiger partial charge in [-0.25, -0.2) is 0 Å². The fourth-order valence-electron chi connectivity index (χ4n) is 2.46. The smallest absolute Gasteiger partial charge is 0.310 e. The minimum Gasteiger partial charge on any atom is -0.469 e. The van der Waals surface area contributed by atoms with Crippen LogP contribution in [0.25, 0.3) is 0 Å². The fourth-order valence-corrected chi connectivity index (χ4v) is 2.46. The minimum atomic E-state index is -0.383. The van der Waals surface area contributed by atoms with Crippen LogP contribution in [0.4, 0.5) is 0 Å². The number of hydrogen-bond donors (Lipinski definition) is 0. The van der Waals surface area contributed by atoms with E-state index >= 15 is 0 Å². The lowest BCUT2D eigenvalue weighted by Gasteiger charge is -2.25. The topological polar surface area (TPSA) is 59.5 Å². The van der Waals surface area contributed by atoms with E-state index in [4.69, 9.17) is 4.74 Å². The fraction of sp³-hybridized carbons (Fsp3) is 0.316. The Kier molecular flexibility index (Phi) is 6.49. The second kappa shape index (κ2) is 8.82. The third kappa shape index (κ3) is 5.19. The van der Waals surface area contributed by atoms with Crippen molar-refractivity contribution in [2.24, 2.45) is 5.92 Å². The Bertz CT molecular complexity index is 659. The van der Waals surface area contributed by atoms with E-state index in [0.29, 0.717) is 19.5 Å². The van der Waals surface area contributed by atoms with Crippen molar-refractivity contribution in [3.05, 3.63) is 66.0 Å². The maximum absolute atomic E-state index is 12.7. The van der Waals surface area contributed by atoms with E-state index in [2.05, 4.69) is 4.98 Å². The third-order valence-electron chi connectivity index (χ3n) is 3.74. The molecule has 0 radical (unpaired) electrons.